The number of nitrogens with zero attached hydrogens (tertiary/aromatic N) is 3. The van der Waals surface area contributed by atoms with E-state index in [9.17, 15) is 4.79 Å². The van der Waals surface area contributed by atoms with E-state index in [1.165, 1.54) is 24.1 Å². The Bertz CT molecular complexity index is 877. The Balaban J connectivity index is 1.53. The zero-order valence-corrected chi connectivity index (χ0v) is 20.2. The van der Waals surface area contributed by atoms with Crippen molar-refractivity contribution in [3.63, 3.8) is 0 Å². The molecule has 0 spiro atoms. The molecule has 0 radical (unpaired) electrons. The normalized spacial score (nSPS) is 13.9. The quantitative estimate of drug-likeness (QED) is 0.343. The highest BCUT2D eigenvalue weighted by atomic mass is 32.1. The van der Waals surface area contributed by atoms with Crippen molar-refractivity contribution >= 4 is 22.4 Å². The maximum absolute atomic E-state index is 11.9. The Hall–Kier alpha value is -2.38. The van der Waals surface area contributed by atoms with Gasteiger partial charge in [0.1, 0.15) is 5.75 Å². The Morgan fingerprint density at radius 2 is 2.12 bits per heavy atom. The van der Waals surface area contributed by atoms with E-state index in [-0.39, 0.29) is 12.5 Å². The average molecular weight is 458 g/mol. The van der Waals surface area contributed by atoms with Gasteiger partial charge >= 0.3 is 5.97 Å². The first kappa shape index (κ1) is 24.3. The van der Waals surface area contributed by atoms with Gasteiger partial charge < -0.3 is 14.4 Å². The van der Waals surface area contributed by atoms with E-state index in [0.717, 1.165) is 41.6 Å². The standard InChI is InChI=1S/C25H35N3O3S/c1-4-13-27(19-24(29)30-5-2)18-21-10-9-11-22(17-21)31-16-12-23-20(3)32-25(26-23)28-14-7-6-8-15-28/h4,9-11,17H,1,5-8,12-16,18-19H2,2-3H3. The van der Waals surface area contributed by atoms with E-state index in [4.69, 9.17) is 14.5 Å². The van der Waals surface area contributed by atoms with Crippen LogP contribution in [0.1, 0.15) is 42.3 Å². The Morgan fingerprint density at radius 1 is 1.31 bits per heavy atom. The van der Waals surface area contributed by atoms with Crippen LogP contribution in [0.4, 0.5) is 5.13 Å². The van der Waals surface area contributed by atoms with E-state index in [2.05, 4.69) is 18.4 Å². The molecular formula is C25H35N3O3S. The number of ether oxygens (including phenoxy) is 2. The number of piperidine rings is 1. The maximum atomic E-state index is 11.9. The van der Waals surface area contributed by atoms with Gasteiger partial charge in [-0.1, -0.05) is 18.2 Å². The highest BCUT2D eigenvalue weighted by Crippen LogP contribution is 2.28. The van der Waals surface area contributed by atoms with Crippen LogP contribution < -0.4 is 9.64 Å². The Morgan fingerprint density at radius 3 is 2.88 bits per heavy atom. The lowest BCUT2D eigenvalue weighted by molar-refractivity contribution is -0.144. The number of esters is 1. The number of aromatic nitrogens is 1. The third-order valence-corrected chi connectivity index (χ3v) is 6.54. The SMILES string of the molecule is C=CCN(CC(=O)OCC)Cc1cccc(OCCc2nc(N3CCCCC3)sc2C)c1. The molecule has 2 aromatic rings. The average Bonchev–Trinajstić information content (AvgIpc) is 3.15. The summed E-state index contributed by atoms with van der Waals surface area (Å²) in [6.07, 6.45) is 6.45. The first-order valence-corrected chi connectivity index (χ1v) is 12.3. The maximum Gasteiger partial charge on any atom is 0.320 e. The van der Waals surface area contributed by atoms with Crippen molar-refractivity contribution in [1.82, 2.24) is 9.88 Å². The van der Waals surface area contributed by atoms with Crippen LogP contribution in [0.3, 0.4) is 0 Å². The lowest BCUT2D eigenvalue weighted by atomic mass is 10.1. The van der Waals surface area contributed by atoms with Crippen LogP contribution in [0, 0.1) is 6.92 Å². The van der Waals surface area contributed by atoms with Crippen molar-refractivity contribution in [1.29, 1.82) is 0 Å². The summed E-state index contributed by atoms with van der Waals surface area (Å²) in [6, 6.07) is 8.04. The van der Waals surface area contributed by atoms with E-state index in [1.807, 2.05) is 36.1 Å². The minimum Gasteiger partial charge on any atom is -0.493 e. The molecule has 0 atom stereocenters. The van der Waals surface area contributed by atoms with Crippen molar-refractivity contribution < 1.29 is 14.3 Å². The fourth-order valence-electron chi connectivity index (χ4n) is 3.88. The second kappa shape index (κ2) is 12.6. The number of benzene rings is 1. The molecule has 7 heteroatoms. The van der Waals surface area contributed by atoms with E-state index in [1.54, 1.807) is 17.4 Å². The largest absolute Gasteiger partial charge is 0.493 e. The molecule has 32 heavy (non-hydrogen) atoms. The topological polar surface area (TPSA) is 54.9 Å². The highest BCUT2D eigenvalue weighted by Gasteiger charge is 2.17. The molecule has 0 N–H and O–H groups in total. The summed E-state index contributed by atoms with van der Waals surface area (Å²) in [5.74, 6) is 0.616. The molecule has 0 bridgehead atoms. The third-order valence-electron chi connectivity index (χ3n) is 5.47. The molecule has 3 rings (SSSR count). The van der Waals surface area contributed by atoms with Gasteiger partial charge in [0.05, 0.1) is 25.5 Å². The molecule has 1 aromatic carbocycles. The van der Waals surface area contributed by atoms with Crippen LogP contribution in [-0.2, 0) is 22.5 Å². The van der Waals surface area contributed by atoms with Crippen LogP contribution in [0.2, 0.25) is 0 Å². The molecule has 0 amide bonds. The number of carbonyl (C=O) groups excluding carboxylic acids is 1. The molecule has 6 nitrogen and oxygen atoms in total. The number of aryl methyl sites for hydroxylation is 1. The van der Waals surface area contributed by atoms with Gasteiger partial charge in [-0.15, -0.1) is 17.9 Å². The summed E-state index contributed by atoms with van der Waals surface area (Å²) < 4.78 is 11.1. The summed E-state index contributed by atoms with van der Waals surface area (Å²) in [5, 5.41) is 1.16. The molecule has 1 fully saturated rings. The molecule has 0 unspecified atom stereocenters. The number of hydrogen-bond donors (Lipinski definition) is 0. The molecule has 1 saturated heterocycles. The van der Waals surface area contributed by atoms with Gasteiger partial charge in [0.15, 0.2) is 5.13 Å². The van der Waals surface area contributed by atoms with Crippen molar-refractivity contribution in [2.24, 2.45) is 0 Å². The minimum atomic E-state index is -0.218. The van der Waals surface area contributed by atoms with Gasteiger partial charge in [-0.05, 0) is 50.8 Å². The number of rotatable bonds is 12. The third kappa shape index (κ3) is 7.35. The first-order chi connectivity index (χ1) is 15.6. The molecule has 0 aliphatic carbocycles. The van der Waals surface area contributed by atoms with Gasteiger partial charge in [0.25, 0.3) is 0 Å². The molecule has 1 aliphatic rings. The van der Waals surface area contributed by atoms with Gasteiger partial charge in [0, 0.05) is 37.5 Å². The number of carbonyl (C=O) groups is 1. The van der Waals surface area contributed by atoms with Gasteiger partial charge in [-0.2, -0.15) is 0 Å². The minimum absolute atomic E-state index is 0.218. The van der Waals surface area contributed by atoms with E-state index >= 15 is 0 Å². The molecule has 174 valence electrons. The molecule has 1 aliphatic heterocycles. The fourth-order valence-corrected chi connectivity index (χ4v) is 4.89. The zero-order chi connectivity index (χ0) is 22.8. The Labute approximate surface area is 195 Å². The monoisotopic (exact) mass is 457 g/mol. The van der Waals surface area contributed by atoms with Crippen molar-refractivity contribution in [3.05, 3.63) is 53.1 Å². The number of hydrogen-bond acceptors (Lipinski definition) is 7. The predicted octanol–water partition coefficient (Wildman–Crippen LogP) is 4.61. The van der Waals surface area contributed by atoms with E-state index in [0.29, 0.717) is 26.3 Å². The second-order valence-corrected chi connectivity index (χ2v) is 9.24. The lowest BCUT2D eigenvalue weighted by Crippen LogP contribution is -2.30. The van der Waals surface area contributed by atoms with Crippen LogP contribution >= 0.6 is 11.3 Å². The highest BCUT2D eigenvalue weighted by molar-refractivity contribution is 7.15. The summed E-state index contributed by atoms with van der Waals surface area (Å²) in [5.41, 5.74) is 2.23. The summed E-state index contributed by atoms with van der Waals surface area (Å²) in [4.78, 5) is 22.5. The van der Waals surface area contributed by atoms with Crippen LogP contribution in [-0.4, -0.2) is 55.2 Å². The molecular weight excluding hydrogens is 422 g/mol. The van der Waals surface area contributed by atoms with Crippen LogP contribution in [0.15, 0.2) is 36.9 Å². The first-order valence-electron chi connectivity index (χ1n) is 11.5. The predicted molar refractivity (Wildman–Crippen MR) is 131 cm³/mol. The summed E-state index contributed by atoms with van der Waals surface area (Å²) >= 11 is 1.80. The van der Waals surface area contributed by atoms with Crippen LogP contribution in [0.5, 0.6) is 5.75 Å². The fraction of sp³-hybridized carbons (Fsp3) is 0.520. The molecule has 1 aromatic heterocycles. The van der Waals surface area contributed by atoms with Crippen molar-refractivity contribution in [2.75, 3.05) is 44.3 Å². The van der Waals surface area contributed by atoms with E-state index < -0.39 is 0 Å². The zero-order valence-electron chi connectivity index (χ0n) is 19.3. The van der Waals surface area contributed by atoms with Gasteiger partial charge in [0.2, 0.25) is 0 Å². The number of anilines is 1. The smallest absolute Gasteiger partial charge is 0.320 e. The molecule has 2 heterocycles. The lowest BCUT2D eigenvalue weighted by Gasteiger charge is -2.25. The summed E-state index contributed by atoms with van der Waals surface area (Å²) in [7, 11) is 0. The second-order valence-electron chi connectivity index (χ2n) is 8.06. The van der Waals surface area contributed by atoms with Gasteiger partial charge in [-0.25, -0.2) is 4.98 Å². The van der Waals surface area contributed by atoms with Gasteiger partial charge in [-0.3, -0.25) is 9.69 Å². The summed E-state index contributed by atoms with van der Waals surface area (Å²) in [6.45, 7) is 12.5. The Kier molecular flexibility index (Phi) is 9.56. The van der Waals surface area contributed by atoms with Crippen LogP contribution in [0.25, 0.3) is 0 Å². The van der Waals surface area contributed by atoms with Crippen molar-refractivity contribution in [2.45, 2.75) is 46.1 Å². The number of thiazole rings is 1. The van der Waals surface area contributed by atoms with Crippen molar-refractivity contribution in [3.8, 4) is 5.75 Å². The molecule has 0 saturated carbocycles.